The molecule has 0 unspecified atom stereocenters. The van der Waals surface area contributed by atoms with E-state index in [-0.39, 0.29) is 0 Å². The van der Waals surface area contributed by atoms with Gasteiger partial charge in [0.2, 0.25) is 0 Å². The van der Waals surface area contributed by atoms with Gasteiger partial charge in [-0.3, -0.25) is 0 Å². The number of hydrogen-bond acceptors (Lipinski definition) is 2. The van der Waals surface area contributed by atoms with Crippen molar-refractivity contribution >= 4 is 5.70 Å². The summed E-state index contributed by atoms with van der Waals surface area (Å²) in [5.41, 5.74) is 10.3. The molecule has 1 aromatic carbocycles. The fourth-order valence-corrected chi connectivity index (χ4v) is 3.72. The molecule has 0 heterocycles. The molecule has 0 atom stereocenters. The van der Waals surface area contributed by atoms with Crippen molar-refractivity contribution < 1.29 is 0 Å². The van der Waals surface area contributed by atoms with Crippen LogP contribution in [0.1, 0.15) is 167 Å². The van der Waals surface area contributed by atoms with E-state index in [0.29, 0.717) is 0 Å². The molecule has 2 nitrogen and oxygen atoms in total. The molecule has 2 rings (SSSR count). The summed E-state index contributed by atoms with van der Waals surface area (Å²) in [6.45, 7) is 48.1. The Labute approximate surface area is 303 Å². The molecule has 1 saturated carbocycles. The highest BCUT2D eigenvalue weighted by Gasteiger charge is 2.19. The lowest BCUT2D eigenvalue weighted by molar-refractivity contribution is 0.576. The Kier molecular flexibility index (Phi) is 36.6. The number of aryl methyl sites for hydroxylation is 1. The lowest BCUT2D eigenvalue weighted by atomic mass is 10.1. The molecule has 1 aliphatic rings. The Morgan fingerprint density at radius 1 is 0.792 bits per heavy atom. The second-order valence-corrected chi connectivity index (χ2v) is 12.8. The zero-order chi connectivity index (χ0) is 38.2. The van der Waals surface area contributed by atoms with Gasteiger partial charge in [-0.25, -0.2) is 0 Å². The first kappa shape index (κ1) is 51.8. The molecule has 1 aromatic rings. The van der Waals surface area contributed by atoms with Gasteiger partial charge < -0.3 is 10.2 Å². The highest BCUT2D eigenvalue weighted by atomic mass is 15.2. The van der Waals surface area contributed by atoms with Crippen molar-refractivity contribution in [3.63, 3.8) is 0 Å². The largest absolute Gasteiger partial charge is 0.386 e. The summed E-state index contributed by atoms with van der Waals surface area (Å²) in [6.07, 6.45) is 17.6. The predicted octanol–water partition coefficient (Wildman–Crippen LogP) is 15.5. The first-order chi connectivity index (χ1) is 22.6. The molecular formula is C46H82N2. The van der Waals surface area contributed by atoms with E-state index < -0.39 is 0 Å². The summed E-state index contributed by atoms with van der Waals surface area (Å²) < 4.78 is 0. The molecule has 0 bridgehead atoms. The van der Waals surface area contributed by atoms with Crippen molar-refractivity contribution in [3.8, 4) is 0 Å². The van der Waals surface area contributed by atoms with E-state index in [1.807, 2.05) is 41.5 Å². The van der Waals surface area contributed by atoms with E-state index >= 15 is 0 Å². The zero-order valence-electron chi connectivity index (χ0n) is 35.3. The summed E-state index contributed by atoms with van der Waals surface area (Å²) in [7, 11) is 0. The highest BCUT2D eigenvalue weighted by molar-refractivity contribution is 5.66. The highest BCUT2D eigenvalue weighted by Crippen LogP contribution is 2.30. The van der Waals surface area contributed by atoms with Gasteiger partial charge >= 0.3 is 0 Å². The molecule has 1 aliphatic carbocycles. The van der Waals surface area contributed by atoms with Gasteiger partial charge in [-0.1, -0.05) is 173 Å². The van der Waals surface area contributed by atoms with Crippen molar-refractivity contribution in [2.75, 3.05) is 0 Å². The van der Waals surface area contributed by atoms with E-state index in [0.717, 1.165) is 52.3 Å². The third-order valence-corrected chi connectivity index (χ3v) is 6.85. The fraction of sp³-hybridized carbons (Fsp3) is 0.565. The van der Waals surface area contributed by atoms with Crippen LogP contribution in [0.15, 0.2) is 102 Å². The van der Waals surface area contributed by atoms with E-state index in [1.54, 1.807) is 0 Å². The summed E-state index contributed by atoms with van der Waals surface area (Å²) in [5, 5.41) is 3.22. The van der Waals surface area contributed by atoms with Gasteiger partial charge in [0.15, 0.2) is 0 Å². The lowest BCUT2D eigenvalue weighted by Crippen LogP contribution is -2.19. The van der Waals surface area contributed by atoms with Crippen LogP contribution in [0.5, 0.6) is 0 Å². The van der Waals surface area contributed by atoms with E-state index in [9.17, 15) is 0 Å². The number of hydrogen-bond donors (Lipinski definition) is 1. The van der Waals surface area contributed by atoms with Crippen LogP contribution in [0.4, 0.5) is 0 Å². The normalized spacial score (nSPS) is 11.8. The van der Waals surface area contributed by atoms with Crippen LogP contribution in [-0.4, -0.2) is 10.9 Å². The molecule has 0 aliphatic heterocycles. The summed E-state index contributed by atoms with van der Waals surface area (Å²) in [6, 6.07) is 9.31. The Bertz CT molecular complexity index is 1080. The van der Waals surface area contributed by atoms with Gasteiger partial charge in [-0.05, 0) is 91.4 Å². The number of allylic oxidation sites excluding steroid dienone is 9. The number of rotatable bonds is 13. The SMILES string of the molecule is C=C(C)/C=C\C(=C(C)C)N(C(=C)c1ccc(C)cc1)/C(C)=C/C=C(\C)CC.C=C(C)NC1CC1.CC.CC.CCCC.CCCC(C)C. The average Bonchev–Trinajstić information content (AvgIpc) is 3.87. The van der Waals surface area contributed by atoms with E-state index in [1.165, 1.54) is 55.2 Å². The topological polar surface area (TPSA) is 15.3 Å². The van der Waals surface area contributed by atoms with Crippen molar-refractivity contribution in [3.05, 3.63) is 113 Å². The van der Waals surface area contributed by atoms with Crippen LogP contribution in [0.2, 0.25) is 0 Å². The summed E-state index contributed by atoms with van der Waals surface area (Å²) in [4.78, 5) is 2.24. The van der Waals surface area contributed by atoms with Crippen LogP contribution in [0.25, 0.3) is 5.70 Å². The van der Waals surface area contributed by atoms with Crippen molar-refractivity contribution in [1.82, 2.24) is 10.2 Å². The van der Waals surface area contributed by atoms with Crippen molar-refractivity contribution in [2.24, 2.45) is 5.92 Å². The number of benzene rings is 1. The van der Waals surface area contributed by atoms with Crippen LogP contribution >= 0.6 is 0 Å². The predicted molar refractivity (Wildman–Crippen MR) is 226 cm³/mol. The number of nitrogens with one attached hydrogen (secondary N) is 1. The molecule has 1 fully saturated rings. The Morgan fingerprint density at radius 2 is 1.29 bits per heavy atom. The molecular weight excluding hydrogens is 581 g/mol. The van der Waals surface area contributed by atoms with Crippen LogP contribution < -0.4 is 5.32 Å². The molecule has 48 heavy (non-hydrogen) atoms. The average molecular weight is 663 g/mol. The van der Waals surface area contributed by atoms with Crippen LogP contribution in [0.3, 0.4) is 0 Å². The Morgan fingerprint density at radius 3 is 1.58 bits per heavy atom. The Hall–Kier alpha value is -3.00. The first-order valence-corrected chi connectivity index (χ1v) is 19.0. The minimum absolute atomic E-state index is 0.775. The van der Waals surface area contributed by atoms with Gasteiger partial charge in [-0.2, -0.15) is 0 Å². The quantitative estimate of drug-likeness (QED) is 0.211. The van der Waals surface area contributed by atoms with Gasteiger partial charge in [-0.15, -0.1) is 0 Å². The molecule has 276 valence electrons. The minimum Gasteiger partial charge on any atom is -0.386 e. The third kappa shape index (κ3) is 30.3. The number of nitrogens with zero attached hydrogens (tertiary/aromatic N) is 1. The van der Waals surface area contributed by atoms with Crippen molar-refractivity contribution in [1.29, 1.82) is 0 Å². The van der Waals surface area contributed by atoms with Gasteiger partial charge in [0.25, 0.3) is 0 Å². The summed E-state index contributed by atoms with van der Waals surface area (Å²) in [5.74, 6) is 0.898. The summed E-state index contributed by atoms with van der Waals surface area (Å²) >= 11 is 0. The zero-order valence-corrected chi connectivity index (χ0v) is 35.3. The minimum atomic E-state index is 0.775. The maximum Gasteiger partial charge on any atom is 0.0458 e. The first-order valence-electron chi connectivity index (χ1n) is 19.0. The Balaban J connectivity index is -0.000000371. The molecule has 0 spiro atoms. The standard InChI is InChI=1S/C26H35N.C6H11N.C6H14.C4H10.2C2H6/c1-10-21(6)12-15-23(8)27(26(20(4)5)18-11-19(2)3)24(9)25-16-13-22(7)14-17-25;1-5(2)7-6-3-4-6;1-4-5-6(2)3;1-3-4-2;2*1-2/h11-18H,2,9-10H2,1,3-8H3;6-7H,1,3-4H2,2H3;6H,4-5H2,1-3H3;3-4H2,1-2H3;2*1-2H3/b18-11-,21-12+,23-15+;;;;;. The van der Waals surface area contributed by atoms with Gasteiger partial charge in [0.1, 0.15) is 0 Å². The maximum absolute atomic E-state index is 4.43. The molecule has 2 heteroatoms. The number of unbranched alkanes of at least 4 members (excludes halogenated alkanes) is 1. The van der Waals surface area contributed by atoms with Crippen LogP contribution in [-0.2, 0) is 0 Å². The molecule has 0 radical (unpaired) electrons. The molecule has 0 amide bonds. The fourth-order valence-electron chi connectivity index (χ4n) is 3.72. The smallest absolute Gasteiger partial charge is 0.0458 e. The second-order valence-electron chi connectivity index (χ2n) is 12.8. The second kappa shape index (κ2) is 33.9. The van der Waals surface area contributed by atoms with E-state index in [2.05, 4.69) is 155 Å². The van der Waals surface area contributed by atoms with E-state index in [4.69, 9.17) is 0 Å². The van der Waals surface area contributed by atoms with Gasteiger partial charge in [0.05, 0.1) is 0 Å². The lowest BCUT2D eigenvalue weighted by Gasteiger charge is -2.30. The van der Waals surface area contributed by atoms with Crippen molar-refractivity contribution in [2.45, 2.75) is 169 Å². The third-order valence-electron chi connectivity index (χ3n) is 6.85. The monoisotopic (exact) mass is 663 g/mol. The molecule has 1 N–H and O–H groups in total. The van der Waals surface area contributed by atoms with Gasteiger partial charge in [0, 0.05) is 28.8 Å². The van der Waals surface area contributed by atoms with Crippen LogP contribution in [0, 0.1) is 12.8 Å². The molecule has 0 aromatic heterocycles. The maximum atomic E-state index is 4.43. The molecule has 0 saturated heterocycles.